The molecule has 0 aromatic heterocycles. The molecule has 3 aromatic rings. The van der Waals surface area contributed by atoms with Crippen LogP contribution in [0.2, 0.25) is 0 Å². The van der Waals surface area contributed by atoms with Crippen molar-refractivity contribution in [2.75, 3.05) is 5.32 Å². The second kappa shape index (κ2) is 6.91. The van der Waals surface area contributed by atoms with Crippen molar-refractivity contribution in [3.05, 3.63) is 69.8 Å². The van der Waals surface area contributed by atoms with Gasteiger partial charge in [0.1, 0.15) is 16.3 Å². The fraction of sp³-hybridized carbons (Fsp3) is 0.0556. The van der Waals surface area contributed by atoms with E-state index >= 15 is 0 Å². The second-order valence-electron chi connectivity index (χ2n) is 6.01. The number of amides is 1. The number of benzene rings is 3. The minimum absolute atomic E-state index is 0.119. The Labute approximate surface area is 159 Å². The van der Waals surface area contributed by atoms with E-state index in [-0.39, 0.29) is 16.6 Å². The van der Waals surface area contributed by atoms with E-state index in [0.717, 1.165) is 12.1 Å². The number of anilines is 1. The molecular formula is C18H14N2O7S. The monoisotopic (exact) mass is 402 g/mol. The van der Waals surface area contributed by atoms with Crippen LogP contribution in [0.15, 0.2) is 53.4 Å². The predicted molar refractivity (Wildman–Crippen MR) is 101 cm³/mol. The normalized spacial score (nSPS) is 11.4. The molecule has 10 heteroatoms. The Morgan fingerprint density at radius 1 is 1.14 bits per heavy atom. The van der Waals surface area contributed by atoms with E-state index in [9.17, 15) is 33.0 Å². The van der Waals surface area contributed by atoms with Gasteiger partial charge in [0.2, 0.25) is 0 Å². The zero-order chi connectivity index (χ0) is 20.6. The van der Waals surface area contributed by atoms with Crippen molar-refractivity contribution >= 4 is 38.2 Å². The van der Waals surface area contributed by atoms with Crippen molar-refractivity contribution in [3.8, 4) is 5.75 Å². The summed E-state index contributed by atoms with van der Waals surface area (Å²) < 4.78 is 33.0. The first-order valence-electron chi connectivity index (χ1n) is 7.88. The van der Waals surface area contributed by atoms with Crippen LogP contribution >= 0.6 is 0 Å². The summed E-state index contributed by atoms with van der Waals surface area (Å²) in [6.45, 7) is 1.51. The van der Waals surface area contributed by atoms with Gasteiger partial charge in [-0.3, -0.25) is 19.5 Å². The number of fused-ring (bicyclic) bond motifs is 1. The highest BCUT2D eigenvalue weighted by Gasteiger charge is 2.24. The summed E-state index contributed by atoms with van der Waals surface area (Å²) in [5.41, 5.74) is -0.584. The van der Waals surface area contributed by atoms with Gasteiger partial charge >= 0.3 is 0 Å². The average molecular weight is 402 g/mol. The van der Waals surface area contributed by atoms with E-state index in [1.54, 1.807) is 12.1 Å². The molecule has 1 amide bonds. The maximum Gasteiger partial charge on any atom is 0.296 e. The summed E-state index contributed by atoms with van der Waals surface area (Å²) in [6, 6.07) is 11.1. The number of hydrogen-bond donors (Lipinski definition) is 3. The number of nitrogens with one attached hydrogen (secondary N) is 1. The number of phenolic OH excluding ortho intramolecular Hbond substituents is 1. The Kier molecular flexibility index (Phi) is 4.75. The molecule has 0 heterocycles. The topological polar surface area (TPSA) is 147 Å². The van der Waals surface area contributed by atoms with E-state index in [0.29, 0.717) is 10.9 Å². The van der Waals surface area contributed by atoms with Gasteiger partial charge in [-0.25, -0.2) is 0 Å². The number of carbonyl (C=O) groups excluding carboxylic acids is 1. The average Bonchev–Trinajstić information content (AvgIpc) is 2.63. The number of rotatable bonds is 4. The fourth-order valence-corrected chi connectivity index (χ4v) is 3.44. The van der Waals surface area contributed by atoms with Gasteiger partial charge in [-0.1, -0.05) is 30.3 Å². The number of carbonyl (C=O) groups is 1. The lowest BCUT2D eigenvalue weighted by Crippen LogP contribution is -2.15. The third-order valence-electron chi connectivity index (χ3n) is 4.17. The standard InChI is InChI=1S/C18H14N2O7S/c1-10-6-7-12(8-14(10)20(23)24)18(22)19-16-15(28(25,26)27)9-11-4-2-3-5-13(11)17(16)21/h2-9,21H,1H3,(H,19,22)(H,25,26,27). The quantitative estimate of drug-likeness (QED) is 0.263. The van der Waals surface area contributed by atoms with E-state index in [1.165, 1.54) is 31.2 Å². The summed E-state index contributed by atoms with van der Waals surface area (Å²) in [5.74, 6) is -1.45. The van der Waals surface area contributed by atoms with Crippen molar-refractivity contribution < 1.29 is 27.8 Å². The summed E-state index contributed by atoms with van der Waals surface area (Å²) >= 11 is 0. The number of nitro groups is 1. The van der Waals surface area contributed by atoms with Gasteiger partial charge in [-0.05, 0) is 24.4 Å². The molecule has 0 atom stereocenters. The van der Waals surface area contributed by atoms with Crippen LogP contribution in [0.3, 0.4) is 0 Å². The zero-order valence-corrected chi connectivity index (χ0v) is 15.2. The predicted octanol–water partition coefficient (Wildman–Crippen LogP) is 3.26. The third-order valence-corrected chi connectivity index (χ3v) is 5.05. The molecule has 144 valence electrons. The molecule has 0 fully saturated rings. The van der Waals surface area contributed by atoms with Crippen LogP contribution in [0.5, 0.6) is 5.75 Å². The first-order chi connectivity index (χ1) is 13.1. The van der Waals surface area contributed by atoms with E-state index < -0.39 is 37.3 Å². The Bertz CT molecular complexity index is 1240. The van der Waals surface area contributed by atoms with Gasteiger partial charge in [0.05, 0.1) is 4.92 Å². The number of hydrogen-bond acceptors (Lipinski definition) is 6. The molecule has 0 saturated carbocycles. The minimum atomic E-state index is -4.79. The summed E-state index contributed by atoms with van der Waals surface area (Å²) in [6.07, 6.45) is 0. The van der Waals surface area contributed by atoms with Gasteiger partial charge in [-0.2, -0.15) is 8.42 Å². The minimum Gasteiger partial charge on any atom is -0.505 e. The zero-order valence-electron chi connectivity index (χ0n) is 14.4. The van der Waals surface area contributed by atoms with Gasteiger partial charge in [0.15, 0.2) is 0 Å². The molecule has 9 nitrogen and oxygen atoms in total. The van der Waals surface area contributed by atoms with E-state index in [4.69, 9.17) is 0 Å². The Hall–Kier alpha value is -3.50. The lowest BCUT2D eigenvalue weighted by Gasteiger charge is -2.14. The number of nitro benzene ring substituents is 1. The van der Waals surface area contributed by atoms with Crippen molar-refractivity contribution in [1.82, 2.24) is 0 Å². The van der Waals surface area contributed by atoms with Crippen LogP contribution in [0, 0.1) is 17.0 Å². The molecule has 0 aliphatic heterocycles. The number of phenols is 1. The Morgan fingerprint density at radius 2 is 1.82 bits per heavy atom. The first-order valence-corrected chi connectivity index (χ1v) is 9.32. The Morgan fingerprint density at radius 3 is 2.46 bits per heavy atom. The van der Waals surface area contributed by atoms with E-state index in [2.05, 4.69) is 5.32 Å². The molecule has 0 radical (unpaired) electrons. The van der Waals surface area contributed by atoms with Crippen LogP contribution in [0.1, 0.15) is 15.9 Å². The van der Waals surface area contributed by atoms with Gasteiger partial charge in [0.25, 0.3) is 21.7 Å². The molecule has 0 bridgehead atoms. The third kappa shape index (κ3) is 3.50. The van der Waals surface area contributed by atoms with Crippen LogP contribution < -0.4 is 5.32 Å². The van der Waals surface area contributed by atoms with Gasteiger partial charge in [0, 0.05) is 22.6 Å². The number of nitrogens with zero attached hydrogens (tertiary/aromatic N) is 1. The molecule has 0 saturated heterocycles. The SMILES string of the molecule is Cc1ccc(C(=O)Nc2c(S(=O)(=O)O)cc3ccccc3c2O)cc1[N+](=O)[O-]. The van der Waals surface area contributed by atoms with Crippen molar-refractivity contribution in [2.24, 2.45) is 0 Å². The molecule has 0 unspecified atom stereocenters. The molecule has 3 aromatic carbocycles. The number of aromatic hydroxyl groups is 1. The maximum atomic E-state index is 12.5. The van der Waals surface area contributed by atoms with Gasteiger partial charge in [-0.15, -0.1) is 0 Å². The molecule has 0 aliphatic rings. The highest BCUT2D eigenvalue weighted by atomic mass is 32.2. The lowest BCUT2D eigenvalue weighted by atomic mass is 10.1. The first kappa shape index (κ1) is 19.3. The molecule has 0 aliphatic carbocycles. The summed E-state index contributed by atoms with van der Waals surface area (Å²) in [4.78, 5) is 22.3. The van der Waals surface area contributed by atoms with Crippen molar-refractivity contribution in [3.63, 3.8) is 0 Å². The molecule has 3 N–H and O–H groups in total. The molecule has 3 rings (SSSR count). The van der Waals surface area contributed by atoms with Crippen LogP contribution in [-0.4, -0.2) is 28.9 Å². The molecule has 28 heavy (non-hydrogen) atoms. The van der Waals surface area contributed by atoms with Crippen LogP contribution in [0.4, 0.5) is 11.4 Å². The maximum absolute atomic E-state index is 12.5. The van der Waals surface area contributed by atoms with Crippen molar-refractivity contribution in [1.29, 1.82) is 0 Å². The summed E-state index contributed by atoms with van der Waals surface area (Å²) in [5, 5.41) is 24.3. The van der Waals surface area contributed by atoms with Crippen molar-refractivity contribution in [2.45, 2.75) is 11.8 Å². The largest absolute Gasteiger partial charge is 0.505 e. The van der Waals surface area contributed by atoms with Crippen LogP contribution in [0.25, 0.3) is 10.8 Å². The fourth-order valence-electron chi connectivity index (χ4n) is 2.76. The Balaban J connectivity index is 2.14. The second-order valence-corrected chi connectivity index (χ2v) is 7.40. The van der Waals surface area contributed by atoms with Gasteiger partial charge < -0.3 is 10.4 Å². The number of aryl methyl sites for hydroxylation is 1. The summed E-state index contributed by atoms with van der Waals surface area (Å²) in [7, 11) is -4.79. The lowest BCUT2D eigenvalue weighted by molar-refractivity contribution is -0.385. The van der Waals surface area contributed by atoms with Crippen LogP contribution in [-0.2, 0) is 10.1 Å². The molecular weight excluding hydrogens is 388 g/mol. The molecule has 0 spiro atoms. The highest BCUT2D eigenvalue weighted by molar-refractivity contribution is 7.86. The highest BCUT2D eigenvalue weighted by Crippen LogP contribution is 2.38. The van der Waals surface area contributed by atoms with E-state index in [1.807, 2.05) is 0 Å². The smallest absolute Gasteiger partial charge is 0.296 e.